The van der Waals surface area contributed by atoms with Crippen LogP contribution in [0, 0.1) is 11.3 Å². The standard InChI is InChI=1S/C20H21N/c21-17-9-3-8-14-20(19-12-6-2-7-13-19)16-15-18-10-4-1-5-11-18/h1-2,4-7,10-13,15-16,20H,3,8-9,14H2/b16-15+/t20-/m0/s1. The molecule has 0 aromatic heterocycles. The first-order valence-corrected chi connectivity index (χ1v) is 7.55. The molecule has 0 spiro atoms. The molecule has 2 rings (SSSR count). The Morgan fingerprint density at radius 2 is 1.57 bits per heavy atom. The van der Waals surface area contributed by atoms with Crippen molar-refractivity contribution in [2.75, 3.05) is 0 Å². The fourth-order valence-corrected chi connectivity index (χ4v) is 2.43. The minimum atomic E-state index is 0.421. The second-order valence-corrected chi connectivity index (χ2v) is 5.19. The van der Waals surface area contributed by atoms with Gasteiger partial charge in [0, 0.05) is 12.3 Å². The molecular formula is C20H21N. The first-order chi connectivity index (χ1) is 10.4. The number of nitriles is 1. The lowest BCUT2D eigenvalue weighted by atomic mass is 9.92. The van der Waals surface area contributed by atoms with Crippen LogP contribution in [0.4, 0.5) is 0 Å². The Morgan fingerprint density at radius 3 is 2.24 bits per heavy atom. The summed E-state index contributed by atoms with van der Waals surface area (Å²) in [5, 5.41) is 8.64. The van der Waals surface area contributed by atoms with E-state index in [2.05, 4.69) is 72.8 Å². The van der Waals surface area contributed by atoms with Gasteiger partial charge < -0.3 is 0 Å². The zero-order valence-corrected chi connectivity index (χ0v) is 12.3. The summed E-state index contributed by atoms with van der Waals surface area (Å²) in [4.78, 5) is 0. The molecule has 0 radical (unpaired) electrons. The predicted molar refractivity (Wildman–Crippen MR) is 88.7 cm³/mol. The lowest BCUT2D eigenvalue weighted by molar-refractivity contribution is 0.646. The second kappa shape index (κ2) is 8.76. The minimum absolute atomic E-state index is 0.421. The summed E-state index contributed by atoms with van der Waals surface area (Å²) in [5.41, 5.74) is 2.58. The number of unbranched alkanes of at least 4 members (excludes halogenated alkanes) is 2. The van der Waals surface area contributed by atoms with Gasteiger partial charge in [-0.25, -0.2) is 0 Å². The Morgan fingerprint density at radius 1 is 0.905 bits per heavy atom. The highest BCUT2D eigenvalue weighted by Gasteiger charge is 2.07. The maximum Gasteiger partial charge on any atom is 0.0621 e. The van der Waals surface area contributed by atoms with Crippen LogP contribution in [-0.4, -0.2) is 0 Å². The molecule has 0 N–H and O–H groups in total. The SMILES string of the molecule is N#CCCCC[C@@H](/C=C/c1ccccc1)c1ccccc1. The number of allylic oxidation sites excluding steroid dienone is 1. The van der Waals surface area contributed by atoms with Gasteiger partial charge in [0.05, 0.1) is 6.07 Å². The molecule has 21 heavy (non-hydrogen) atoms. The highest BCUT2D eigenvalue weighted by molar-refractivity contribution is 5.50. The first-order valence-electron chi connectivity index (χ1n) is 7.55. The molecule has 0 saturated heterocycles. The fourth-order valence-electron chi connectivity index (χ4n) is 2.43. The van der Waals surface area contributed by atoms with E-state index in [1.807, 2.05) is 6.07 Å². The number of hydrogen-bond donors (Lipinski definition) is 0. The maximum absolute atomic E-state index is 8.64. The van der Waals surface area contributed by atoms with E-state index in [1.165, 1.54) is 11.1 Å². The molecule has 0 bridgehead atoms. The summed E-state index contributed by atoms with van der Waals surface area (Å²) in [6, 6.07) is 23.2. The zero-order chi connectivity index (χ0) is 14.8. The van der Waals surface area contributed by atoms with Crippen molar-refractivity contribution in [2.24, 2.45) is 0 Å². The molecule has 0 aliphatic carbocycles. The van der Waals surface area contributed by atoms with Crippen molar-refractivity contribution in [3.63, 3.8) is 0 Å². The molecule has 1 nitrogen and oxygen atoms in total. The molecule has 0 unspecified atom stereocenters. The van der Waals surface area contributed by atoms with E-state index in [-0.39, 0.29) is 0 Å². The van der Waals surface area contributed by atoms with E-state index < -0.39 is 0 Å². The van der Waals surface area contributed by atoms with Crippen LogP contribution in [0.25, 0.3) is 6.08 Å². The normalized spacial score (nSPS) is 12.1. The minimum Gasteiger partial charge on any atom is -0.198 e. The van der Waals surface area contributed by atoms with Crippen LogP contribution in [0.1, 0.15) is 42.7 Å². The van der Waals surface area contributed by atoms with Gasteiger partial charge in [0.25, 0.3) is 0 Å². The van der Waals surface area contributed by atoms with Gasteiger partial charge in [0.1, 0.15) is 0 Å². The van der Waals surface area contributed by atoms with Crippen molar-refractivity contribution in [1.29, 1.82) is 5.26 Å². The average Bonchev–Trinajstić information content (AvgIpc) is 2.56. The third-order valence-electron chi connectivity index (χ3n) is 3.60. The highest BCUT2D eigenvalue weighted by Crippen LogP contribution is 2.24. The molecular weight excluding hydrogens is 254 g/mol. The van der Waals surface area contributed by atoms with E-state index in [9.17, 15) is 0 Å². The molecule has 0 amide bonds. The molecule has 2 aromatic rings. The summed E-state index contributed by atoms with van der Waals surface area (Å²) in [6.07, 6.45) is 8.31. The van der Waals surface area contributed by atoms with Crippen LogP contribution in [0.3, 0.4) is 0 Å². The quantitative estimate of drug-likeness (QED) is 0.606. The molecule has 0 heterocycles. The summed E-state index contributed by atoms with van der Waals surface area (Å²) < 4.78 is 0. The lowest BCUT2D eigenvalue weighted by Crippen LogP contribution is -1.95. The zero-order valence-electron chi connectivity index (χ0n) is 12.3. The number of nitrogens with zero attached hydrogens (tertiary/aromatic N) is 1. The molecule has 0 saturated carbocycles. The summed E-state index contributed by atoms with van der Waals surface area (Å²) in [5.74, 6) is 0.421. The molecule has 1 heteroatoms. The topological polar surface area (TPSA) is 23.8 Å². The van der Waals surface area contributed by atoms with Crippen molar-refractivity contribution in [3.8, 4) is 6.07 Å². The number of benzene rings is 2. The van der Waals surface area contributed by atoms with Crippen molar-refractivity contribution in [2.45, 2.75) is 31.6 Å². The van der Waals surface area contributed by atoms with E-state index in [4.69, 9.17) is 5.26 Å². The van der Waals surface area contributed by atoms with Crippen LogP contribution in [0.2, 0.25) is 0 Å². The van der Waals surface area contributed by atoms with Gasteiger partial charge in [-0.15, -0.1) is 0 Å². The van der Waals surface area contributed by atoms with Gasteiger partial charge in [-0.3, -0.25) is 0 Å². The van der Waals surface area contributed by atoms with Gasteiger partial charge >= 0.3 is 0 Å². The fraction of sp³-hybridized carbons (Fsp3) is 0.250. The monoisotopic (exact) mass is 275 g/mol. The van der Waals surface area contributed by atoms with Gasteiger partial charge in [-0.2, -0.15) is 5.26 Å². The Bertz CT molecular complexity index is 578. The van der Waals surface area contributed by atoms with Gasteiger partial charge in [-0.1, -0.05) is 79.2 Å². The summed E-state index contributed by atoms with van der Waals surface area (Å²) in [7, 11) is 0. The van der Waals surface area contributed by atoms with Crippen LogP contribution >= 0.6 is 0 Å². The van der Waals surface area contributed by atoms with Gasteiger partial charge in [0.2, 0.25) is 0 Å². The molecule has 0 fully saturated rings. The molecule has 0 aliphatic rings. The van der Waals surface area contributed by atoms with Gasteiger partial charge in [0.15, 0.2) is 0 Å². The van der Waals surface area contributed by atoms with E-state index in [0.717, 1.165) is 19.3 Å². The van der Waals surface area contributed by atoms with E-state index in [1.54, 1.807) is 0 Å². The molecule has 106 valence electrons. The van der Waals surface area contributed by atoms with Crippen LogP contribution in [0.15, 0.2) is 66.7 Å². The van der Waals surface area contributed by atoms with Crippen molar-refractivity contribution in [1.82, 2.24) is 0 Å². The van der Waals surface area contributed by atoms with Crippen LogP contribution < -0.4 is 0 Å². The Labute approximate surface area is 127 Å². The number of hydrogen-bond acceptors (Lipinski definition) is 1. The number of rotatable bonds is 7. The third-order valence-corrected chi connectivity index (χ3v) is 3.60. The van der Waals surface area contributed by atoms with E-state index in [0.29, 0.717) is 12.3 Å². The van der Waals surface area contributed by atoms with Crippen LogP contribution in [-0.2, 0) is 0 Å². The predicted octanol–water partition coefficient (Wildman–Crippen LogP) is 5.57. The molecule has 0 aliphatic heterocycles. The largest absolute Gasteiger partial charge is 0.198 e. The van der Waals surface area contributed by atoms with Gasteiger partial charge in [-0.05, 0) is 24.0 Å². The Kier molecular flexibility index (Phi) is 6.29. The van der Waals surface area contributed by atoms with Crippen LogP contribution in [0.5, 0.6) is 0 Å². The summed E-state index contributed by atoms with van der Waals surface area (Å²) in [6.45, 7) is 0. The maximum atomic E-state index is 8.64. The van der Waals surface area contributed by atoms with Crippen molar-refractivity contribution >= 4 is 6.08 Å². The third kappa shape index (κ3) is 5.28. The highest BCUT2D eigenvalue weighted by atomic mass is 14.2. The first kappa shape index (κ1) is 15.1. The van der Waals surface area contributed by atoms with Crippen molar-refractivity contribution < 1.29 is 0 Å². The molecule has 2 aromatic carbocycles. The average molecular weight is 275 g/mol. The second-order valence-electron chi connectivity index (χ2n) is 5.19. The molecule has 1 atom stereocenters. The van der Waals surface area contributed by atoms with Crippen molar-refractivity contribution in [3.05, 3.63) is 77.9 Å². The summed E-state index contributed by atoms with van der Waals surface area (Å²) >= 11 is 0. The smallest absolute Gasteiger partial charge is 0.0621 e. The Hall–Kier alpha value is -2.33. The lowest BCUT2D eigenvalue weighted by Gasteiger charge is -2.13. The van der Waals surface area contributed by atoms with E-state index >= 15 is 0 Å². The Balaban J connectivity index is 2.05.